The maximum atomic E-state index is 11.2. The second kappa shape index (κ2) is 6.60. The number of aromatic nitrogens is 1. The van der Waals surface area contributed by atoms with Crippen LogP contribution in [0.2, 0.25) is 0 Å². The van der Waals surface area contributed by atoms with Gasteiger partial charge in [-0.15, -0.1) is 0 Å². The SMILES string of the molecule is CN(CCS(C)(=O)=O)Cc1ccc(C(=O)NN)cn1. The molecule has 0 atom stereocenters. The predicted octanol–water partition coefficient (Wildman–Crippen LogP) is -0.838. The van der Waals surface area contributed by atoms with Crippen LogP contribution in [0.15, 0.2) is 18.3 Å². The fraction of sp³-hybridized carbons (Fsp3) is 0.455. The molecule has 1 amide bonds. The second-order valence-corrected chi connectivity index (χ2v) is 6.64. The number of hydrogen-bond acceptors (Lipinski definition) is 6. The lowest BCUT2D eigenvalue weighted by atomic mass is 10.2. The summed E-state index contributed by atoms with van der Waals surface area (Å²) in [7, 11) is -1.15. The van der Waals surface area contributed by atoms with E-state index in [4.69, 9.17) is 5.84 Å². The third-order valence-electron chi connectivity index (χ3n) is 2.49. The van der Waals surface area contributed by atoms with E-state index in [9.17, 15) is 13.2 Å². The number of amides is 1. The standard InChI is InChI=1S/C11H18N4O3S/c1-15(5-6-19(2,17)18)8-10-4-3-9(7-13-10)11(16)14-12/h3-4,7H,5-6,8,12H2,1-2H3,(H,14,16). The molecule has 0 spiro atoms. The number of rotatable bonds is 6. The Morgan fingerprint density at radius 3 is 2.63 bits per heavy atom. The van der Waals surface area contributed by atoms with E-state index in [2.05, 4.69) is 4.98 Å². The molecule has 3 N–H and O–H groups in total. The van der Waals surface area contributed by atoms with Crippen LogP contribution >= 0.6 is 0 Å². The molecule has 0 saturated heterocycles. The molecule has 0 radical (unpaired) electrons. The number of nitrogens with zero attached hydrogens (tertiary/aromatic N) is 2. The molecule has 1 aromatic heterocycles. The molecular weight excluding hydrogens is 268 g/mol. The van der Waals surface area contributed by atoms with Gasteiger partial charge in [0.2, 0.25) is 0 Å². The van der Waals surface area contributed by atoms with Crippen LogP contribution in [0.5, 0.6) is 0 Å². The van der Waals surface area contributed by atoms with E-state index < -0.39 is 15.7 Å². The normalized spacial score (nSPS) is 11.6. The van der Waals surface area contributed by atoms with Crippen molar-refractivity contribution in [2.75, 3.05) is 25.6 Å². The van der Waals surface area contributed by atoms with Gasteiger partial charge in [-0.3, -0.25) is 20.1 Å². The zero-order valence-electron chi connectivity index (χ0n) is 11.0. The highest BCUT2D eigenvalue weighted by atomic mass is 32.2. The Morgan fingerprint density at radius 2 is 2.16 bits per heavy atom. The van der Waals surface area contributed by atoms with Gasteiger partial charge in [0.1, 0.15) is 9.84 Å². The number of hydrazine groups is 1. The highest BCUT2D eigenvalue weighted by Gasteiger charge is 2.08. The highest BCUT2D eigenvalue weighted by Crippen LogP contribution is 2.03. The van der Waals surface area contributed by atoms with Crippen LogP contribution in [-0.4, -0.2) is 49.8 Å². The zero-order chi connectivity index (χ0) is 14.5. The number of hydrogen-bond donors (Lipinski definition) is 2. The number of pyridine rings is 1. The van der Waals surface area contributed by atoms with Crippen LogP contribution in [-0.2, 0) is 16.4 Å². The van der Waals surface area contributed by atoms with Gasteiger partial charge < -0.3 is 0 Å². The van der Waals surface area contributed by atoms with E-state index in [-0.39, 0.29) is 5.75 Å². The number of nitrogens with one attached hydrogen (secondary N) is 1. The summed E-state index contributed by atoms with van der Waals surface area (Å²) in [6.07, 6.45) is 2.64. The van der Waals surface area contributed by atoms with Crippen molar-refractivity contribution in [3.8, 4) is 0 Å². The van der Waals surface area contributed by atoms with Gasteiger partial charge in [0.15, 0.2) is 0 Å². The Bertz CT molecular complexity index is 527. The fourth-order valence-electron chi connectivity index (χ4n) is 1.41. The van der Waals surface area contributed by atoms with E-state index in [0.29, 0.717) is 18.7 Å². The summed E-state index contributed by atoms with van der Waals surface area (Å²) in [5, 5.41) is 0. The van der Waals surface area contributed by atoms with Gasteiger partial charge in [-0.2, -0.15) is 0 Å². The molecule has 1 rings (SSSR count). The Hall–Kier alpha value is -1.51. The van der Waals surface area contributed by atoms with Crippen LogP contribution in [0.25, 0.3) is 0 Å². The summed E-state index contributed by atoms with van der Waals surface area (Å²) in [4.78, 5) is 17.2. The summed E-state index contributed by atoms with van der Waals surface area (Å²) in [5.41, 5.74) is 3.16. The second-order valence-electron chi connectivity index (χ2n) is 4.38. The molecular formula is C11H18N4O3S. The van der Waals surface area contributed by atoms with Gasteiger partial charge in [-0.1, -0.05) is 0 Å². The molecule has 7 nitrogen and oxygen atoms in total. The Labute approximate surface area is 112 Å². The maximum Gasteiger partial charge on any atom is 0.266 e. The predicted molar refractivity (Wildman–Crippen MR) is 71.9 cm³/mol. The first-order chi connectivity index (χ1) is 8.81. The van der Waals surface area contributed by atoms with Gasteiger partial charge >= 0.3 is 0 Å². The molecule has 0 fully saturated rings. The van der Waals surface area contributed by atoms with Gasteiger partial charge in [-0.25, -0.2) is 14.3 Å². The molecule has 8 heteroatoms. The quantitative estimate of drug-likeness (QED) is 0.401. The Balaban J connectivity index is 2.55. The van der Waals surface area contributed by atoms with Crippen molar-refractivity contribution >= 4 is 15.7 Å². The summed E-state index contributed by atoms with van der Waals surface area (Å²) in [6.45, 7) is 0.950. The van der Waals surface area contributed by atoms with E-state index in [0.717, 1.165) is 5.69 Å². The largest absolute Gasteiger partial charge is 0.300 e. The first-order valence-electron chi connectivity index (χ1n) is 5.64. The van der Waals surface area contributed by atoms with Crippen molar-refractivity contribution in [1.82, 2.24) is 15.3 Å². The zero-order valence-corrected chi connectivity index (χ0v) is 11.8. The smallest absolute Gasteiger partial charge is 0.266 e. The van der Waals surface area contributed by atoms with Crippen molar-refractivity contribution in [3.63, 3.8) is 0 Å². The van der Waals surface area contributed by atoms with E-state index in [1.165, 1.54) is 12.5 Å². The topological polar surface area (TPSA) is 105 Å². The number of carbonyl (C=O) groups excluding carboxylic acids is 1. The minimum Gasteiger partial charge on any atom is -0.300 e. The number of carbonyl (C=O) groups is 1. The molecule has 0 aliphatic carbocycles. The monoisotopic (exact) mass is 286 g/mol. The highest BCUT2D eigenvalue weighted by molar-refractivity contribution is 7.90. The molecule has 0 saturated carbocycles. The molecule has 0 aliphatic heterocycles. The van der Waals surface area contributed by atoms with Gasteiger partial charge in [0, 0.05) is 25.5 Å². The molecule has 0 bridgehead atoms. The van der Waals surface area contributed by atoms with Crippen molar-refractivity contribution in [1.29, 1.82) is 0 Å². The molecule has 1 aromatic rings. The first-order valence-corrected chi connectivity index (χ1v) is 7.70. The maximum absolute atomic E-state index is 11.2. The van der Waals surface area contributed by atoms with Crippen molar-refractivity contribution in [2.24, 2.45) is 5.84 Å². The summed E-state index contributed by atoms with van der Waals surface area (Å²) in [6, 6.07) is 3.33. The number of nitrogen functional groups attached to an aromatic ring is 1. The average molecular weight is 286 g/mol. The molecule has 1 heterocycles. The lowest BCUT2D eigenvalue weighted by Crippen LogP contribution is -2.30. The first kappa shape index (κ1) is 15.5. The Kier molecular flexibility index (Phi) is 5.40. The summed E-state index contributed by atoms with van der Waals surface area (Å²) >= 11 is 0. The summed E-state index contributed by atoms with van der Waals surface area (Å²) < 4.78 is 22.1. The average Bonchev–Trinajstić information content (AvgIpc) is 2.35. The molecule has 106 valence electrons. The van der Waals surface area contributed by atoms with Crippen LogP contribution in [0.3, 0.4) is 0 Å². The van der Waals surface area contributed by atoms with E-state index in [1.54, 1.807) is 12.1 Å². The van der Waals surface area contributed by atoms with Crippen molar-refractivity contribution < 1.29 is 13.2 Å². The number of sulfone groups is 1. The van der Waals surface area contributed by atoms with E-state index in [1.807, 2.05) is 17.4 Å². The minimum absolute atomic E-state index is 0.108. The third-order valence-corrected chi connectivity index (χ3v) is 3.42. The van der Waals surface area contributed by atoms with Crippen molar-refractivity contribution in [2.45, 2.75) is 6.54 Å². The van der Waals surface area contributed by atoms with Gasteiger partial charge in [-0.05, 0) is 19.2 Å². The van der Waals surface area contributed by atoms with Gasteiger partial charge in [0.25, 0.3) is 5.91 Å². The molecule has 19 heavy (non-hydrogen) atoms. The lowest BCUT2D eigenvalue weighted by molar-refractivity contribution is 0.0953. The van der Waals surface area contributed by atoms with Crippen LogP contribution in [0, 0.1) is 0 Å². The van der Waals surface area contributed by atoms with E-state index >= 15 is 0 Å². The third kappa shape index (κ3) is 5.77. The summed E-state index contributed by atoms with van der Waals surface area (Å²) in [5.74, 6) is 4.72. The molecule has 0 aromatic carbocycles. The molecule has 0 aliphatic rings. The number of nitrogens with two attached hydrogens (primary N) is 1. The fourth-order valence-corrected chi connectivity index (χ4v) is 2.06. The molecule has 0 unspecified atom stereocenters. The Morgan fingerprint density at radius 1 is 1.47 bits per heavy atom. The van der Waals surface area contributed by atoms with Crippen LogP contribution in [0.4, 0.5) is 0 Å². The lowest BCUT2D eigenvalue weighted by Gasteiger charge is -2.15. The van der Waals surface area contributed by atoms with Crippen molar-refractivity contribution in [3.05, 3.63) is 29.6 Å². The minimum atomic E-state index is -2.96. The van der Waals surface area contributed by atoms with Gasteiger partial charge in [0.05, 0.1) is 17.0 Å². The van der Waals surface area contributed by atoms with Crippen LogP contribution < -0.4 is 11.3 Å². The van der Waals surface area contributed by atoms with Crippen LogP contribution in [0.1, 0.15) is 16.1 Å².